The van der Waals surface area contributed by atoms with Gasteiger partial charge >= 0.3 is 0 Å². The maximum absolute atomic E-state index is 12.7. The van der Waals surface area contributed by atoms with Crippen LogP contribution in [0.3, 0.4) is 0 Å². The molecule has 6 heteroatoms. The van der Waals surface area contributed by atoms with Gasteiger partial charge in [-0.3, -0.25) is 9.59 Å². The number of hydrogen-bond acceptors (Lipinski definition) is 3. The van der Waals surface area contributed by atoms with Crippen LogP contribution in [0, 0.1) is 5.82 Å². The second-order valence-corrected chi connectivity index (χ2v) is 4.80. The molecule has 2 aromatic rings. The van der Waals surface area contributed by atoms with Crippen molar-refractivity contribution in [3.05, 3.63) is 65.5 Å². The highest BCUT2D eigenvalue weighted by molar-refractivity contribution is 5.93. The molecule has 2 amide bonds. The van der Waals surface area contributed by atoms with Gasteiger partial charge in [0, 0.05) is 19.2 Å². The molecule has 0 bridgehead atoms. The molecule has 2 rings (SSSR count). The van der Waals surface area contributed by atoms with Gasteiger partial charge in [0.05, 0.1) is 0 Å². The molecule has 0 saturated heterocycles. The molecule has 0 spiro atoms. The Balaban J connectivity index is 1.77. The Hall–Kier alpha value is -2.89. The molecule has 0 aliphatic carbocycles. The van der Waals surface area contributed by atoms with Gasteiger partial charge < -0.3 is 15.4 Å². The van der Waals surface area contributed by atoms with Gasteiger partial charge in [-0.25, -0.2) is 4.39 Å². The lowest BCUT2D eigenvalue weighted by molar-refractivity contribution is -0.123. The van der Waals surface area contributed by atoms with Crippen LogP contribution in [0.1, 0.15) is 15.9 Å². The van der Waals surface area contributed by atoms with Crippen molar-refractivity contribution in [3.63, 3.8) is 0 Å². The number of hydrogen-bond donors (Lipinski definition) is 2. The lowest BCUT2D eigenvalue weighted by Crippen LogP contribution is -2.28. The molecule has 2 aromatic carbocycles. The SMILES string of the molecule is CNC(=O)c1ccc(CNC(=O)COc2ccc(F)cc2)cc1. The van der Waals surface area contributed by atoms with Crippen molar-refractivity contribution in [3.8, 4) is 5.75 Å². The van der Waals surface area contributed by atoms with E-state index in [1.54, 1.807) is 31.3 Å². The van der Waals surface area contributed by atoms with Crippen LogP contribution in [0.2, 0.25) is 0 Å². The molecule has 120 valence electrons. The average molecular weight is 316 g/mol. The van der Waals surface area contributed by atoms with Crippen molar-refractivity contribution in [2.45, 2.75) is 6.54 Å². The fraction of sp³-hybridized carbons (Fsp3) is 0.176. The zero-order chi connectivity index (χ0) is 16.7. The molecule has 0 radical (unpaired) electrons. The molecule has 2 N–H and O–H groups in total. The third kappa shape index (κ3) is 5.10. The van der Waals surface area contributed by atoms with E-state index in [0.717, 1.165) is 5.56 Å². The van der Waals surface area contributed by atoms with Gasteiger partial charge in [-0.05, 0) is 42.0 Å². The molecule has 0 saturated carbocycles. The first-order chi connectivity index (χ1) is 11.1. The van der Waals surface area contributed by atoms with Crippen LogP contribution in [0.25, 0.3) is 0 Å². The Kier molecular flexibility index (Phi) is 5.68. The topological polar surface area (TPSA) is 67.4 Å². The number of nitrogens with one attached hydrogen (secondary N) is 2. The number of benzene rings is 2. The van der Waals surface area contributed by atoms with E-state index in [1.807, 2.05) is 0 Å². The summed E-state index contributed by atoms with van der Waals surface area (Å²) in [5.74, 6) is -0.378. The minimum absolute atomic E-state index is 0.151. The number of amides is 2. The molecule has 0 heterocycles. The van der Waals surface area contributed by atoms with E-state index in [0.29, 0.717) is 17.9 Å². The van der Waals surface area contributed by atoms with Gasteiger partial charge in [0.25, 0.3) is 11.8 Å². The van der Waals surface area contributed by atoms with Gasteiger partial charge in [0.15, 0.2) is 6.61 Å². The summed E-state index contributed by atoms with van der Waals surface area (Å²) in [5, 5.41) is 5.24. The average Bonchev–Trinajstić information content (AvgIpc) is 2.59. The number of carbonyl (C=O) groups excluding carboxylic acids is 2. The van der Waals surface area contributed by atoms with Crippen LogP contribution in [-0.4, -0.2) is 25.5 Å². The summed E-state index contributed by atoms with van der Waals surface area (Å²) in [5.41, 5.74) is 1.43. The monoisotopic (exact) mass is 316 g/mol. The Morgan fingerprint density at radius 1 is 1.04 bits per heavy atom. The second kappa shape index (κ2) is 7.93. The van der Waals surface area contributed by atoms with Crippen molar-refractivity contribution in [2.24, 2.45) is 0 Å². The summed E-state index contributed by atoms with van der Waals surface area (Å²) in [4.78, 5) is 23.1. The fourth-order valence-electron chi connectivity index (χ4n) is 1.85. The largest absolute Gasteiger partial charge is 0.484 e. The number of halogens is 1. The van der Waals surface area contributed by atoms with E-state index in [9.17, 15) is 14.0 Å². The van der Waals surface area contributed by atoms with Crippen molar-refractivity contribution in [1.29, 1.82) is 0 Å². The highest BCUT2D eigenvalue weighted by Crippen LogP contribution is 2.10. The van der Waals surface area contributed by atoms with E-state index in [4.69, 9.17) is 4.74 Å². The van der Waals surface area contributed by atoms with Crippen molar-refractivity contribution in [1.82, 2.24) is 10.6 Å². The molecule has 0 fully saturated rings. The van der Waals surface area contributed by atoms with Gasteiger partial charge in [0.1, 0.15) is 11.6 Å². The maximum Gasteiger partial charge on any atom is 0.258 e. The summed E-state index contributed by atoms with van der Waals surface area (Å²) in [6.07, 6.45) is 0. The van der Waals surface area contributed by atoms with E-state index >= 15 is 0 Å². The standard InChI is InChI=1S/C17H17FN2O3/c1-19-17(22)13-4-2-12(3-5-13)10-20-16(21)11-23-15-8-6-14(18)7-9-15/h2-9H,10-11H2,1H3,(H,19,22)(H,20,21). The van der Waals surface area contributed by atoms with Crippen LogP contribution in [0.15, 0.2) is 48.5 Å². The molecular formula is C17H17FN2O3. The lowest BCUT2D eigenvalue weighted by Gasteiger charge is -2.08. The Morgan fingerprint density at radius 3 is 2.30 bits per heavy atom. The van der Waals surface area contributed by atoms with Crippen molar-refractivity contribution < 1.29 is 18.7 Å². The van der Waals surface area contributed by atoms with Gasteiger partial charge in [-0.1, -0.05) is 12.1 Å². The third-order valence-electron chi connectivity index (χ3n) is 3.12. The lowest BCUT2D eigenvalue weighted by atomic mass is 10.1. The zero-order valence-corrected chi connectivity index (χ0v) is 12.6. The van der Waals surface area contributed by atoms with Crippen molar-refractivity contribution >= 4 is 11.8 Å². The summed E-state index contributed by atoms with van der Waals surface area (Å²) in [6.45, 7) is 0.182. The Bertz CT molecular complexity index is 669. The highest BCUT2D eigenvalue weighted by atomic mass is 19.1. The summed E-state index contributed by atoms with van der Waals surface area (Å²) < 4.78 is 18.0. The predicted octanol–water partition coefficient (Wildman–Crippen LogP) is 1.88. The van der Waals surface area contributed by atoms with E-state index < -0.39 is 0 Å². The van der Waals surface area contributed by atoms with Crippen LogP contribution < -0.4 is 15.4 Å². The number of rotatable bonds is 6. The number of carbonyl (C=O) groups is 2. The third-order valence-corrected chi connectivity index (χ3v) is 3.12. The molecule has 0 aliphatic heterocycles. The molecule has 0 aromatic heterocycles. The zero-order valence-electron chi connectivity index (χ0n) is 12.6. The molecule has 0 atom stereocenters. The first kappa shape index (κ1) is 16.5. The quantitative estimate of drug-likeness (QED) is 0.855. The van der Waals surface area contributed by atoms with E-state index in [2.05, 4.69) is 10.6 Å². The van der Waals surface area contributed by atoms with Crippen LogP contribution in [0.4, 0.5) is 4.39 Å². The molecular weight excluding hydrogens is 299 g/mol. The Labute approximate surface area is 133 Å². The van der Waals surface area contributed by atoms with E-state index in [1.165, 1.54) is 24.3 Å². The first-order valence-corrected chi connectivity index (χ1v) is 7.04. The minimum atomic E-state index is -0.359. The normalized spacial score (nSPS) is 10.0. The molecule has 5 nitrogen and oxygen atoms in total. The highest BCUT2D eigenvalue weighted by Gasteiger charge is 2.05. The van der Waals surface area contributed by atoms with Crippen LogP contribution in [0.5, 0.6) is 5.75 Å². The second-order valence-electron chi connectivity index (χ2n) is 4.80. The van der Waals surface area contributed by atoms with Crippen LogP contribution >= 0.6 is 0 Å². The van der Waals surface area contributed by atoms with Gasteiger partial charge in [-0.15, -0.1) is 0 Å². The Morgan fingerprint density at radius 2 is 1.70 bits per heavy atom. The summed E-state index contributed by atoms with van der Waals surface area (Å²) >= 11 is 0. The van der Waals surface area contributed by atoms with E-state index in [-0.39, 0.29) is 24.2 Å². The predicted molar refractivity (Wildman–Crippen MR) is 83.6 cm³/mol. The van der Waals surface area contributed by atoms with Gasteiger partial charge in [-0.2, -0.15) is 0 Å². The van der Waals surface area contributed by atoms with Crippen LogP contribution in [-0.2, 0) is 11.3 Å². The van der Waals surface area contributed by atoms with Crippen molar-refractivity contribution in [2.75, 3.05) is 13.7 Å². The smallest absolute Gasteiger partial charge is 0.258 e. The number of ether oxygens (including phenoxy) is 1. The fourth-order valence-corrected chi connectivity index (χ4v) is 1.85. The maximum atomic E-state index is 12.7. The molecule has 23 heavy (non-hydrogen) atoms. The first-order valence-electron chi connectivity index (χ1n) is 7.04. The molecule has 0 aliphatic rings. The minimum Gasteiger partial charge on any atom is -0.484 e. The van der Waals surface area contributed by atoms with Gasteiger partial charge in [0.2, 0.25) is 0 Å². The summed E-state index contributed by atoms with van der Waals surface area (Å²) in [7, 11) is 1.57. The summed E-state index contributed by atoms with van der Waals surface area (Å²) in [6, 6.07) is 12.4. The molecule has 0 unspecified atom stereocenters.